The molecule has 0 bridgehead atoms. The van der Waals surface area contributed by atoms with E-state index in [0.717, 1.165) is 29.8 Å². The molecule has 2 heterocycles. The molecule has 5 rings (SSSR count). The lowest BCUT2D eigenvalue weighted by molar-refractivity contribution is -0.151. The topological polar surface area (TPSA) is 82.1 Å². The first-order chi connectivity index (χ1) is 14.6. The van der Waals surface area contributed by atoms with Crippen LogP contribution in [0.25, 0.3) is 0 Å². The van der Waals surface area contributed by atoms with Gasteiger partial charge < -0.3 is 20.1 Å². The van der Waals surface area contributed by atoms with Crippen molar-refractivity contribution in [2.24, 2.45) is 5.92 Å². The fourth-order valence-electron chi connectivity index (χ4n) is 4.79. The Hall–Kier alpha value is -3.06. The first kappa shape index (κ1) is 18.9. The number of aliphatic hydroxyl groups excluding tert-OH is 1. The number of carbonyl (C=O) groups excluding carboxylic acids is 2. The third kappa shape index (κ3) is 3.01. The highest BCUT2D eigenvalue weighted by atomic mass is 16.5. The Balaban J connectivity index is 1.43. The summed E-state index contributed by atoms with van der Waals surface area (Å²) in [5, 5.41) is 12.9. The summed E-state index contributed by atoms with van der Waals surface area (Å²) >= 11 is 0. The van der Waals surface area contributed by atoms with Crippen LogP contribution >= 0.6 is 0 Å². The van der Waals surface area contributed by atoms with Gasteiger partial charge in [-0.2, -0.15) is 0 Å². The summed E-state index contributed by atoms with van der Waals surface area (Å²) in [7, 11) is 1.60. The highest BCUT2D eigenvalue weighted by molar-refractivity contribution is 6.03. The van der Waals surface area contributed by atoms with Crippen LogP contribution in [-0.4, -0.2) is 54.3 Å². The van der Waals surface area contributed by atoms with Crippen LogP contribution in [-0.2, 0) is 4.79 Å². The normalized spacial score (nSPS) is 24.4. The Morgan fingerprint density at radius 1 is 1.13 bits per heavy atom. The molecule has 2 aliphatic heterocycles. The Kier molecular flexibility index (Phi) is 4.62. The summed E-state index contributed by atoms with van der Waals surface area (Å²) < 4.78 is 5.17. The van der Waals surface area contributed by atoms with Crippen molar-refractivity contribution in [1.29, 1.82) is 0 Å². The number of benzene rings is 2. The van der Waals surface area contributed by atoms with Gasteiger partial charge in [0.15, 0.2) is 0 Å². The summed E-state index contributed by atoms with van der Waals surface area (Å²) in [5.41, 5.74) is 2.52. The molecule has 7 heteroatoms. The van der Waals surface area contributed by atoms with Crippen molar-refractivity contribution < 1.29 is 19.4 Å². The summed E-state index contributed by atoms with van der Waals surface area (Å²) in [6, 6.07) is 14.4. The van der Waals surface area contributed by atoms with E-state index >= 15 is 0 Å². The number of likely N-dealkylation sites (tertiary alicyclic amines) is 1. The Labute approximate surface area is 175 Å². The van der Waals surface area contributed by atoms with E-state index in [2.05, 4.69) is 5.32 Å². The molecule has 1 aliphatic carbocycles. The van der Waals surface area contributed by atoms with Gasteiger partial charge in [0.1, 0.15) is 5.75 Å². The number of amides is 3. The molecule has 3 amide bonds. The van der Waals surface area contributed by atoms with Crippen LogP contribution < -0.4 is 15.0 Å². The molecule has 2 aromatic rings. The van der Waals surface area contributed by atoms with Crippen molar-refractivity contribution in [2.75, 3.05) is 30.5 Å². The molecule has 3 aliphatic rings. The minimum absolute atomic E-state index is 0.0546. The van der Waals surface area contributed by atoms with Crippen molar-refractivity contribution in [2.45, 2.75) is 30.8 Å². The van der Waals surface area contributed by atoms with Crippen LogP contribution in [0.3, 0.4) is 0 Å². The predicted molar refractivity (Wildman–Crippen MR) is 113 cm³/mol. The standard InChI is InChI=1S/C23H25N3O4/c1-30-16-10-8-15(9-11-16)24-23(29)25-12-19-21(17-4-2-3-5-18(17)25)20(13-27)26(19)22(28)14-6-7-14/h2-5,8-11,14,19-21,27H,6-7,12-13H2,1H3,(H,24,29)/t19-,20+,21+/m0/s1. The molecular formula is C23H25N3O4. The van der Waals surface area contributed by atoms with Crippen molar-refractivity contribution in [3.63, 3.8) is 0 Å². The number of anilines is 2. The number of hydrogen-bond acceptors (Lipinski definition) is 4. The smallest absolute Gasteiger partial charge is 0.326 e. The van der Waals surface area contributed by atoms with E-state index in [1.165, 1.54) is 0 Å². The van der Waals surface area contributed by atoms with E-state index in [0.29, 0.717) is 12.2 Å². The van der Waals surface area contributed by atoms with E-state index in [-0.39, 0.29) is 42.5 Å². The molecule has 0 unspecified atom stereocenters. The number of fused-ring (bicyclic) bond motifs is 3. The molecular weight excluding hydrogens is 382 g/mol. The Morgan fingerprint density at radius 3 is 2.53 bits per heavy atom. The molecule has 7 nitrogen and oxygen atoms in total. The van der Waals surface area contributed by atoms with E-state index in [1.54, 1.807) is 36.3 Å². The van der Waals surface area contributed by atoms with Gasteiger partial charge in [0.2, 0.25) is 5.91 Å². The number of urea groups is 1. The molecule has 156 valence electrons. The monoisotopic (exact) mass is 407 g/mol. The maximum Gasteiger partial charge on any atom is 0.326 e. The average Bonchev–Trinajstić information content (AvgIpc) is 3.60. The SMILES string of the molecule is COc1ccc(NC(=O)N2C[C@H]3[C@@H](c4ccccc42)[C@@H](CO)N3C(=O)C2CC2)cc1. The number of nitrogens with zero attached hydrogens (tertiary/aromatic N) is 2. The number of hydrogen-bond donors (Lipinski definition) is 2. The first-order valence-corrected chi connectivity index (χ1v) is 10.4. The third-order valence-corrected chi connectivity index (χ3v) is 6.45. The van der Waals surface area contributed by atoms with Gasteiger partial charge in [0.05, 0.1) is 25.8 Å². The first-order valence-electron chi connectivity index (χ1n) is 10.4. The largest absolute Gasteiger partial charge is 0.497 e. The molecule has 1 saturated carbocycles. The summed E-state index contributed by atoms with van der Waals surface area (Å²) in [6.07, 6.45) is 1.84. The van der Waals surface area contributed by atoms with Crippen LogP contribution in [0.5, 0.6) is 5.75 Å². The maximum absolute atomic E-state index is 13.2. The van der Waals surface area contributed by atoms with Crippen molar-refractivity contribution in [1.82, 2.24) is 4.90 Å². The molecule has 1 saturated heterocycles. The van der Waals surface area contributed by atoms with Gasteiger partial charge in [-0.15, -0.1) is 0 Å². The zero-order valence-corrected chi connectivity index (χ0v) is 16.8. The van der Waals surface area contributed by atoms with Crippen molar-refractivity contribution >= 4 is 23.3 Å². The van der Waals surface area contributed by atoms with Crippen LogP contribution in [0, 0.1) is 5.92 Å². The minimum Gasteiger partial charge on any atom is -0.497 e. The molecule has 2 N–H and O–H groups in total. The van der Waals surface area contributed by atoms with Gasteiger partial charge in [-0.1, -0.05) is 18.2 Å². The second kappa shape index (κ2) is 7.32. The molecule has 0 aromatic heterocycles. The van der Waals surface area contributed by atoms with Gasteiger partial charge in [0.25, 0.3) is 0 Å². The summed E-state index contributed by atoms with van der Waals surface area (Å²) in [5.74, 6) is 0.973. The second-order valence-corrected chi connectivity index (χ2v) is 8.19. The quantitative estimate of drug-likeness (QED) is 0.817. The second-order valence-electron chi connectivity index (χ2n) is 8.19. The van der Waals surface area contributed by atoms with E-state index in [4.69, 9.17) is 4.74 Å². The lowest BCUT2D eigenvalue weighted by Gasteiger charge is -2.59. The van der Waals surface area contributed by atoms with Crippen LogP contribution in [0.2, 0.25) is 0 Å². The van der Waals surface area contributed by atoms with E-state index in [9.17, 15) is 14.7 Å². The lowest BCUT2D eigenvalue weighted by atomic mass is 9.71. The molecule has 2 fully saturated rings. The van der Waals surface area contributed by atoms with Gasteiger partial charge in [-0.05, 0) is 48.7 Å². The van der Waals surface area contributed by atoms with Crippen LogP contribution in [0.4, 0.5) is 16.2 Å². The third-order valence-electron chi connectivity index (χ3n) is 6.45. The summed E-state index contributed by atoms with van der Waals surface area (Å²) in [4.78, 5) is 29.5. The maximum atomic E-state index is 13.2. The highest BCUT2D eigenvalue weighted by Gasteiger charge is 2.56. The fraction of sp³-hybridized carbons (Fsp3) is 0.391. The predicted octanol–water partition coefficient (Wildman–Crippen LogP) is 2.81. The van der Waals surface area contributed by atoms with Gasteiger partial charge in [0, 0.05) is 29.8 Å². The Morgan fingerprint density at radius 2 is 1.87 bits per heavy atom. The molecule has 3 atom stereocenters. The number of para-hydroxylation sites is 1. The average molecular weight is 407 g/mol. The lowest BCUT2D eigenvalue weighted by Crippen LogP contribution is -2.71. The molecule has 0 radical (unpaired) electrons. The number of methoxy groups -OCH3 is 1. The fourth-order valence-corrected chi connectivity index (χ4v) is 4.79. The number of carbonyl (C=O) groups is 2. The van der Waals surface area contributed by atoms with Crippen molar-refractivity contribution in [3.05, 3.63) is 54.1 Å². The molecule has 2 aromatic carbocycles. The summed E-state index contributed by atoms with van der Waals surface area (Å²) in [6.45, 7) is 0.352. The van der Waals surface area contributed by atoms with Gasteiger partial charge in [-0.25, -0.2) is 4.79 Å². The zero-order chi connectivity index (χ0) is 20.8. The number of nitrogens with one attached hydrogen (secondary N) is 1. The minimum atomic E-state index is -0.239. The number of aliphatic hydroxyl groups is 1. The number of rotatable bonds is 4. The Bertz CT molecular complexity index is 973. The number of ether oxygens (including phenoxy) is 1. The van der Waals surface area contributed by atoms with Gasteiger partial charge >= 0.3 is 6.03 Å². The van der Waals surface area contributed by atoms with Crippen LogP contribution in [0.15, 0.2) is 48.5 Å². The van der Waals surface area contributed by atoms with Gasteiger partial charge in [-0.3, -0.25) is 9.69 Å². The molecule has 30 heavy (non-hydrogen) atoms. The van der Waals surface area contributed by atoms with Crippen LogP contribution in [0.1, 0.15) is 24.3 Å². The highest BCUT2D eigenvalue weighted by Crippen LogP contribution is 2.50. The van der Waals surface area contributed by atoms with E-state index < -0.39 is 0 Å². The van der Waals surface area contributed by atoms with Crippen molar-refractivity contribution in [3.8, 4) is 5.75 Å². The zero-order valence-electron chi connectivity index (χ0n) is 16.8. The van der Waals surface area contributed by atoms with E-state index in [1.807, 2.05) is 29.2 Å². The molecule has 0 spiro atoms.